The summed E-state index contributed by atoms with van der Waals surface area (Å²) in [5.41, 5.74) is 1.73. The molecule has 1 aromatic heterocycles. The molecule has 0 bridgehead atoms. The molecule has 137 valence electrons. The number of aromatic nitrogens is 1. The fourth-order valence-electron chi connectivity index (χ4n) is 3.61. The molecule has 3 nitrogen and oxygen atoms in total. The summed E-state index contributed by atoms with van der Waals surface area (Å²) in [4.78, 5) is 4.46. The monoisotopic (exact) mass is 559 g/mol. The Kier molecular flexibility index (Phi) is 4.29. The van der Waals surface area contributed by atoms with Gasteiger partial charge in [-0.2, -0.15) is 0 Å². The smallest absolute Gasteiger partial charge is 0.132 e. The van der Waals surface area contributed by atoms with E-state index < -0.39 is 7.92 Å². The summed E-state index contributed by atoms with van der Waals surface area (Å²) in [6.45, 7) is 0. The Balaban J connectivity index is 0.00000171. The maximum Gasteiger partial charge on any atom is 0.132 e. The molecule has 0 N–H and O–H groups in total. The summed E-state index contributed by atoms with van der Waals surface area (Å²) in [6.07, 6.45) is 1.79. The van der Waals surface area contributed by atoms with Crippen molar-refractivity contribution in [3.8, 4) is 34.3 Å². The minimum absolute atomic E-state index is 0. The van der Waals surface area contributed by atoms with Gasteiger partial charge in [0.25, 0.3) is 0 Å². The zero-order valence-electron chi connectivity index (χ0n) is 14.5. The maximum absolute atomic E-state index is 6.29. The van der Waals surface area contributed by atoms with Crippen LogP contribution in [-0.4, -0.2) is 4.98 Å². The number of hydrogen-bond donors (Lipinski definition) is 0. The summed E-state index contributed by atoms with van der Waals surface area (Å²) < 4.78 is 12.5. The van der Waals surface area contributed by atoms with Crippen LogP contribution in [0.15, 0.2) is 79.0 Å². The summed E-state index contributed by atoms with van der Waals surface area (Å²) in [5.74, 6) is 3.39. The summed E-state index contributed by atoms with van der Waals surface area (Å²) in [6, 6.07) is 27.9. The third kappa shape index (κ3) is 2.61. The van der Waals surface area contributed by atoms with E-state index in [9.17, 15) is 0 Å². The van der Waals surface area contributed by atoms with E-state index in [2.05, 4.69) is 35.3 Å². The van der Waals surface area contributed by atoms with Gasteiger partial charge in [-0.15, -0.1) is 5.56 Å². The van der Waals surface area contributed by atoms with Crippen LogP contribution < -0.4 is 25.4 Å². The Morgan fingerprint density at radius 3 is 2.14 bits per heavy atom. The van der Waals surface area contributed by atoms with Crippen LogP contribution in [0.4, 0.5) is 0 Å². The van der Waals surface area contributed by atoms with Gasteiger partial charge in [-0.05, 0) is 37.1 Å². The minimum atomic E-state index is -0.734. The molecular formula is C23H13IrNO2P-. The van der Waals surface area contributed by atoms with E-state index in [1.165, 1.54) is 10.6 Å². The molecule has 3 heterocycles. The van der Waals surface area contributed by atoms with Crippen molar-refractivity contribution < 1.29 is 29.6 Å². The van der Waals surface area contributed by atoms with E-state index in [0.717, 1.165) is 39.6 Å². The van der Waals surface area contributed by atoms with Crippen molar-refractivity contribution in [2.24, 2.45) is 0 Å². The molecule has 0 aliphatic carbocycles. The molecule has 1 radical (unpaired) electrons. The van der Waals surface area contributed by atoms with Crippen molar-refractivity contribution in [3.05, 3.63) is 85.1 Å². The van der Waals surface area contributed by atoms with Gasteiger partial charge < -0.3 is 14.5 Å². The van der Waals surface area contributed by atoms with E-state index in [1.54, 1.807) is 6.20 Å². The largest absolute Gasteiger partial charge is 0.476 e. The Bertz CT molecular complexity index is 1130. The van der Waals surface area contributed by atoms with Crippen LogP contribution in [0.2, 0.25) is 0 Å². The van der Waals surface area contributed by atoms with Gasteiger partial charge in [0.1, 0.15) is 11.5 Å². The number of para-hydroxylation sites is 2. The van der Waals surface area contributed by atoms with Gasteiger partial charge in [-0.3, -0.25) is 0 Å². The Morgan fingerprint density at radius 1 is 0.750 bits per heavy atom. The Labute approximate surface area is 177 Å². The summed E-state index contributed by atoms with van der Waals surface area (Å²) >= 11 is 0. The molecule has 0 fully saturated rings. The summed E-state index contributed by atoms with van der Waals surface area (Å²) in [7, 11) is -0.734. The van der Waals surface area contributed by atoms with E-state index in [-0.39, 0.29) is 20.1 Å². The molecule has 1 unspecified atom stereocenters. The molecule has 3 aromatic carbocycles. The van der Waals surface area contributed by atoms with Crippen molar-refractivity contribution in [1.82, 2.24) is 4.98 Å². The molecule has 2 aliphatic heterocycles. The van der Waals surface area contributed by atoms with Gasteiger partial charge in [-0.25, -0.2) is 0 Å². The second-order valence-electron chi connectivity index (χ2n) is 6.41. The van der Waals surface area contributed by atoms with E-state index in [4.69, 9.17) is 9.47 Å². The van der Waals surface area contributed by atoms with Crippen LogP contribution in [0.5, 0.6) is 23.0 Å². The van der Waals surface area contributed by atoms with Crippen LogP contribution in [0.1, 0.15) is 0 Å². The van der Waals surface area contributed by atoms with Crippen LogP contribution in [-0.2, 0) is 20.1 Å². The number of rotatable bonds is 1. The third-order valence-corrected chi connectivity index (χ3v) is 7.35. The van der Waals surface area contributed by atoms with Crippen LogP contribution in [0.3, 0.4) is 0 Å². The number of hydrogen-bond acceptors (Lipinski definition) is 3. The first-order valence-electron chi connectivity index (χ1n) is 8.74. The molecule has 28 heavy (non-hydrogen) atoms. The van der Waals surface area contributed by atoms with E-state index in [1.807, 2.05) is 48.5 Å². The molecule has 0 amide bonds. The molecule has 5 heteroatoms. The normalized spacial score (nSPS) is 15.1. The van der Waals surface area contributed by atoms with E-state index in [0.29, 0.717) is 0 Å². The fraction of sp³-hybridized carbons (Fsp3) is 0. The topological polar surface area (TPSA) is 31.4 Å². The molecule has 2 aliphatic rings. The molecule has 0 saturated carbocycles. The molecule has 4 aromatic rings. The average molecular weight is 559 g/mol. The van der Waals surface area contributed by atoms with Gasteiger partial charge in [0.2, 0.25) is 0 Å². The minimum Gasteiger partial charge on any atom is -0.476 e. The molecule has 6 rings (SSSR count). The Hall–Kier alpha value is -2.51. The third-order valence-electron chi connectivity index (χ3n) is 4.78. The first-order chi connectivity index (χ1) is 13.4. The van der Waals surface area contributed by atoms with Crippen molar-refractivity contribution in [1.29, 1.82) is 0 Å². The number of benzene rings is 3. The number of ether oxygens (including phenoxy) is 2. The fourth-order valence-corrected chi connectivity index (χ4v) is 6.14. The second kappa shape index (κ2) is 6.83. The predicted molar refractivity (Wildman–Crippen MR) is 107 cm³/mol. The number of fused-ring (bicyclic) bond motifs is 4. The predicted octanol–water partition coefficient (Wildman–Crippen LogP) is 4.52. The molecular weight excluding hydrogens is 545 g/mol. The first-order valence-corrected chi connectivity index (χ1v) is 10.1. The van der Waals surface area contributed by atoms with E-state index >= 15 is 0 Å². The number of pyridine rings is 1. The molecule has 0 spiro atoms. The zero-order chi connectivity index (χ0) is 17.8. The van der Waals surface area contributed by atoms with Gasteiger partial charge in [0.15, 0.2) is 0 Å². The maximum atomic E-state index is 6.29. The van der Waals surface area contributed by atoms with Crippen LogP contribution >= 0.6 is 7.92 Å². The van der Waals surface area contributed by atoms with Gasteiger partial charge in [0, 0.05) is 36.9 Å². The van der Waals surface area contributed by atoms with Crippen LogP contribution in [0, 0.1) is 6.07 Å². The van der Waals surface area contributed by atoms with Gasteiger partial charge >= 0.3 is 0 Å². The first kappa shape index (κ1) is 17.6. The summed E-state index contributed by atoms with van der Waals surface area (Å²) in [5, 5.41) is 3.54. The zero-order valence-corrected chi connectivity index (χ0v) is 17.8. The standard InChI is InChI=1S/C23H13NO2P.Ir/c1-3-10-21-17(8-1)25-19-13-15(16-7-5-6-12-24-16)14-20-23(19)27(21)22-11-4-2-9-18(22)26-20;/h1-13H;/q-1;. The molecule has 1 atom stereocenters. The van der Waals surface area contributed by atoms with Crippen molar-refractivity contribution >= 4 is 23.8 Å². The van der Waals surface area contributed by atoms with Gasteiger partial charge in [-0.1, -0.05) is 60.7 Å². The average Bonchev–Trinajstić information content (AvgIpc) is 2.74. The van der Waals surface area contributed by atoms with Crippen molar-refractivity contribution in [3.63, 3.8) is 0 Å². The SMILES string of the molecule is [Ir].[c-]1c(-c2ccccn2)cc2c3c1Oc1ccccc1P3c1ccccc1O2. The van der Waals surface area contributed by atoms with Crippen molar-refractivity contribution in [2.75, 3.05) is 0 Å². The van der Waals surface area contributed by atoms with Crippen LogP contribution in [0.25, 0.3) is 11.3 Å². The van der Waals surface area contributed by atoms with Gasteiger partial charge in [0.05, 0.1) is 11.5 Å². The quantitative estimate of drug-likeness (QED) is 0.220. The second-order valence-corrected chi connectivity index (χ2v) is 8.50. The molecule has 0 saturated heterocycles. The van der Waals surface area contributed by atoms with Crippen molar-refractivity contribution in [2.45, 2.75) is 0 Å². The Morgan fingerprint density at radius 2 is 1.43 bits per heavy atom. The number of nitrogens with zero attached hydrogens (tertiary/aromatic N) is 1.